The predicted octanol–water partition coefficient (Wildman–Crippen LogP) is 1.64. The molecule has 0 aliphatic carbocycles. The normalized spacial score (nSPS) is 11.6. The number of nitrogens with one attached hydrogen (secondary N) is 1. The molecule has 0 atom stereocenters. The molecular formula is C12H13NO3. The van der Waals surface area contributed by atoms with Crippen LogP contribution in [0.5, 0.6) is 0 Å². The van der Waals surface area contributed by atoms with Gasteiger partial charge in [-0.15, -0.1) is 0 Å². The first-order valence-corrected chi connectivity index (χ1v) is 4.79. The number of benzene rings is 1. The van der Waals surface area contributed by atoms with Crippen molar-refractivity contribution in [3.05, 3.63) is 41.5 Å². The number of aliphatic carboxylic acids is 1. The highest BCUT2D eigenvalue weighted by Gasteiger charge is 2.12. The molecule has 1 aromatic rings. The third-order valence-electron chi connectivity index (χ3n) is 2.06. The summed E-state index contributed by atoms with van der Waals surface area (Å²) >= 11 is 0. The molecule has 4 heteroatoms. The van der Waals surface area contributed by atoms with Crippen LogP contribution in [0.25, 0.3) is 5.70 Å². The second-order valence-corrected chi connectivity index (χ2v) is 3.35. The summed E-state index contributed by atoms with van der Waals surface area (Å²) in [6, 6.07) is 8.89. The Bertz CT molecular complexity index is 435. The molecule has 0 saturated carbocycles. The largest absolute Gasteiger partial charge is 0.478 e. The molecule has 0 radical (unpaired) electrons. The molecule has 0 aliphatic rings. The van der Waals surface area contributed by atoms with Crippen LogP contribution in [0.15, 0.2) is 35.9 Å². The van der Waals surface area contributed by atoms with Crippen LogP contribution in [-0.2, 0) is 9.59 Å². The minimum Gasteiger partial charge on any atom is -0.478 e. The van der Waals surface area contributed by atoms with Crippen LogP contribution in [-0.4, -0.2) is 17.0 Å². The van der Waals surface area contributed by atoms with Gasteiger partial charge in [0.15, 0.2) is 0 Å². The SMILES string of the molecule is CC(=O)NC(=C(C)C(=O)O)c1ccccc1. The summed E-state index contributed by atoms with van der Waals surface area (Å²) in [6.07, 6.45) is 0. The van der Waals surface area contributed by atoms with Crippen molar-refractivity contribution in [3.63, 3.8) is 0 Å². The summed E-state index contributed by atoms with van der Waals surface area (Å²) in [5.41, 5.74) is 1.12. The fraction of sp³-hybridized carbons (Fsp3) is 0.167. The third-order valence-corrected chi connectivity index (χ3v) is 2.06. The maximum atomic E-state index is 11.0. The second kappa shape index (κ2) is 5.11. The van der Waals surface area contributed by atoms with Crippen molar-refractivity contribution >= 4 is 17.6 Å². The van der Waals surface area contributed by atoms with E-state index in [0.29, 0.717) is 11.3 Å². The van der Waals surface area contributed by atoms with Gasteiger partial charge in [-0.3, -0.25) is 4.79 Å². The molecule has 0 saturated heterocycles. The highest BCUT2D eigenvalue weighted by atomic mass is 16.4. The number of amides is 1. The zero-order chi connectivity index (χ0) is 12.1. The summed E-state index contributed by atoms with van der Waals surface area (Å²) in [4.78, 5) is 21.9. The summed E-state index contributed by atoms with van der Waals surface area (Å²) in [7, 11) is 0. The Morgan fingerprint density at radius 1 is 1.12 bits per heavy atom. The number of hydrogen-bond acceptors (Lipinski definition) is 2. The molecule has 1 amide bonds. The molecule has 16 heavy (non-hydrogen) atoms. The lowest BCUT2D eigenvalue weighted by molar-refractivity contribution is -0.132. The van der Waals surface area contributed by atoms with Crippen LogP contribution >= 0.6 is 0 Å². The summed E-state index contributed by atoms with van der Waals surface area (Å²) < 4.78 is 0. The minimum absolute atomic E-state index is 0.112. The van der Waals surface area contributed by atoms with E-state index >= 15 is 0 Å². The molecule has 0 aromatic heterocycles. The van der Waals surface area contributed by atoms with E-state index in [9.17, 15) is 9.59 Å². The van der Waals surface area contributed by atoms with Crippen LogP contribution < -0.4 is 5.32 Å². The zero-order valence-corrected chi connectivity index (χ0v) is 9.15. The highest BCUT2D eigenvalue weighted by Crippen LogP contribution is 2.15. The van der Waals surface area contributed by atoms with E-state index in [0.717, 1.165) is 0 Å². The second-order valence-electron chi connectivity index (χ2n) is 3.35. The van der Waals surface area contributed by atoms with Crippen LogP contribution in [0.1, 0.15) is 19.4 Å². The van der Waals surface area contributed by atoms with E-state index in [-0.39, 0.29) is 11.5 Å². The number of carbonyl (C=O) groups is 2. The molecule has 0 bridgehead atoms. The topological polar surface area (TPSA) is 66.4 Å². The molecule has 2 N–H and O–H groups in total. The average molecular weight is 219 g/mol. The Morgan fingerprint density at radius 3 is 2.12 bits per heavy atom. The molecule has 4 nitrogen and oxygen atoms in total. The molecule has 0 aliphatic heterocycles. The van der Waals surface area contributed by atoms with Crippen molar-refractivity contribution in [2.75, 3.05) is 0 Å². The van der Waals surface area contributed by atoms with Crippen LogP contribution in [0.3, 0.4) is 0 Å². The number of carbonyl (C=O) groups excluding carboxylic acids is 1. The molecule has 84 valence electrons. The Hall–Kier alpha value is -2.10. The van der Waals surface area contributed by atoms with Gasteiger partial charge in [0.2, 0.25) is 5.91 Å². The smallest absolute Gasteiger partial charge is 0.333 e. The Labute approximate surface area is 93.6 Å². The number of carboxylic acids is 1. The molecule has 0 spiro atoms. The molecule has 1 aromatic carbocycles. The van der Waals surface area contributed by atoms with E-state index in [1.807, 2.05) is 6.07 Å². The Balaban J connectivity index is 3.21. The Morgan fingerprint density at radius 2 is 1.69 bits per heavy atom. The van der Waals surface area contributed by atoms with Crippen LogP contribution in [0, 0.1) is 0 Å². The van der Waals surface area contributed by atoms with Crippen LogP contribution in [0.4, 0.5) is 0 Å². The average Bonchev–Trinajstić information content (AvgIpc) is 2.26. The number of rotatable bonds is 3. The highest BCUT2D eigenvalue weighted by molar-refractivity contribution is 5.98. The van der Waals surface area contributed by atoms with E-state index in [2.05, 4.69) is 5.32 Å². The van der Waals surface area contributed by atoms with Crippen LogP contribution in [0.2, 0.25) is 0 Å². The van der Waals surface area contributed by atoms with Gasteiger partial charge in [-0.05, 0) is 12.5 Å². The summed E-state index contributed by atoms with van der Waals surface area (Å²) in [5, 5.41) is 11.5. The molecule has 1 rings (SSSR count). The van der Waals surface area contributed by atoms with Gasteiger partial charge in [0.25, 0.3) is 0 Å². The van der Waals surface area contributed by atoms with E-state index in [1.54, 1.807) is 24.3 Å². The van der Waals surface area contributed by atoms with Crippen molar-refractivity contribution in [2.24, 2.45) is 0 Å². The fourth-order valence-corrected chi connectivity index (χ4v) is 1.27. The first-order chi connectivity index (χ1) is 7.52. The van der Waals surface area contributed by atoms with Crippen molar-refractivity contribution in [2.45, 2.75) is 13.8 Å². The van der Waals surface area contributed by atoms with E-state index < -0.39 is 5.97 Å². The van der Waals surface area contributed by atoms with E-state index in [1.165, 1.54) is 13.8 Å². The van der Waals surface area contributed by atoms with Gasteiger partial charge >= 0.3 is 5.97 Å². The fourth-order valence-electron chi connectivity index (χ4n) is 1.27. The lowest BCUT2D eigenvalue weighted by Gasteiger charge is -2.10. The van der Waals surface area contributed by atoms with Crippen molar-refractivity contribution in [1.29, 1.82) is 0 Å². The Kier molecular flexibility index (Phi) is 3.83. The minimum atomic E-state index is -1.05. The van der Waals surface area contributed by atoms with Gasteiger partial charge in [0.05, 0.1) is 11.3 Å². The third kappa shape index (κ3) is 2.95. The lowest BCUT2D eigenvalue weighted by Crippen LogP contribution is -2.21. The first-order valence-electron chi connectivity index (χ1n) is 4.79. The van der Waals surface area contributed by atoms with Gasteiger partial charge in [-0.2, -0.15) is 0 Å². The predicted molar refractivity (Wildman–Crippen MR) is 60.5 cm³/mol. The van der Waals surface area contributed by atoms with E-state index in [4.69, 9.17) is 5.11 Å². The van der Waals surface area contributed by atoms with Gasteiger partial charge in [-0.25, -0.2) is 4.79 Å². The molecule has 0 heterocycles. The standard InChI is InChI=1S/C12H13NO3/c1-8(12(15)16)11(13-9(2)14)10-6-4-3-5-7-10/h3-7H,1-2H3,(H,13,14)(H,15,16). The molecule has 0 fully saturated rings. The van der Waals surface area contributed by atoms with Gasteiger partial charge in [0, 0.05) is 6.92 Å². The lowest BCUT2D eigenvalue weighted by atomic mass is 10.1. The van der Waals surface area contributed by atoms with Crippen molar-refractivity contribution < 1.29 is 14.7 Å². The van der Waals surface area contributed by atoms with Gasteiger partial charge < -0.3 is 10.4 Å². The number of hydrogen-bond donors (Lipinski definition) is 2. The monoisotopic (exact) mass is 219 g/mol. The molecular weight excluding hydrogens is 206 g/mol. The number of carboxylic acid groups (broad SMARTS) is 1. The van der Waals surface area contributed by atoms with Gasteiger partial charge in [0.1, 0.15) is 0 Å². The zero-order valence-electron chi connectivity index (χ0n) is 9.15. The van der Waals surface area contributed by atoms with Crippen molar-refractivity contribution in [3.8, 4) is 0 Å². The molecule has 0 unspecified atom stereocenters. The maximum absolute atomic E-state index is 11.0. The maximum Gasteiger partial charge on any atom is 0.333 e. The van der Waals surface area contributed by atoms with Gasteiger partial charge in [-0.1, -0.05) is 30.3 Å². The first kappa shape index (κ1) is 12.0. The summed E-state index contributed by atoms with van der Waals surface area (Å²) in [6.45, 7) is 2.80. The quantitative estimate of drug-likeness (QED) is 0.759. The summed E-state index contributed by atoms with van der Waals surface area (Å²) in [5.74, 6) is -1.34. The van der Waals surface area contributed by atoms with Crippen molar-refractivity contribution in [1.82, 2.24) is 5.32 Å².